The van der Waals surface area contributed by atoms with E-state index in [1.165, 1.54) is 0 Å². The summed E-state index contributed by atoms with van der Waals surface area (Å²) < 4.78 is 0. The van der Waals surface area contributed by atoms with Gasteiger partial charge < -0.3 is 5.32 Å². The standard InChI is InChI=1S/C8H8ClNO.CH4/c9-8-4-2-1-3-7(8)5-10-6-11;/h1-4,6H,5H2,(H,10,11);1H4. The van der Waals surface area contributed by atoms with Crippen LogP contribution in [-0.4, -0.2) is 6.41 Å². The predicted octanol–water partition coefficient (Wildman–Crippen LogP) is 2.22. The van der Waals surface area contributed by atoms with Gasteiger partial charge in [0.05, 0.1) is 0 Å². The summed E-state index contributed by atoms with van der Waals surface area (Å²) in [4.78, 5) is 9.94. The lowest BCUT2D eigenvalue weighted by molar-refractivity contribution is -0.109. The Morgan fingerprint density at radius 3 is 2.67 bits per heavy atom. The zero-order valence-electron chi connectivity index (χ0n) is 5.88. The molecule has 3 heteroatoms. The fourth-order valence-electron chi connectivity index (χ4n) is 0.793. The van der Waals surface area contributed by atoms with Gasteiger partial charge in [-0.15, -0.1) is 0 Å². The molecule has 0 atom stereocenters. The summed E-state index contributed by atoms with van der Waals surface area (Å²) in [6.45, 7) is 0.489. The first-order valence-corrected chi connectivity index (χ1v) is 3.63. The summed E-state index contributed by atoms with van der Waals surface area (Å²) in [5.74, 6) is 0. The summed E-state index contributed by atoms with van der Waals surface area (Å²) in [5, 5.41) is 3.22. The second-order valence-corrected chi connectivity index (χ2v) is 2.50. The lowest BCUT2D eigenvalue weighted by Crippen LogP contribution is -2.09. The minimum absolute atomic E-state index is 0. The van der Waals surface area contributed by atoms with Crippen LogP contribution in [0.4, 0.5) is 0 Å². The Morgan fingerprint density at radius 1 is 1.42 bits per heavy atom. The smallest absolute Gasteiger partial charge is 0.207 e. The third kappa shape index (κ3) is 2.93. The third-order valence-electron chi connectivity index (χ3n) is 1.33. The monoisotopic (exact) mass is 185 g/mol. The molecule has 0 radical (unpaired) electrons. The second kappa shape index (κ2) is 5.61. The van der Waals surface area contributed by atoms with Gasteiger partial charge in [0.2, 0.25) is 6.41 Å². The van der Waals surface area contributed by atoms with E-state index in [1.807, 2.05) is 18.2 Å². The molecule has 0 unspecified atom stereocenters. The number of carbonyl (C=O) groups is 1. The summed E-state index contributed by atoms with van der Waals surface area (Å²) in [7, 11) is 0. The molecule has 66 valence electrons. The maximum Gasteiger partial charge on any atom is 0.207 e. The van der Waals surface area contributed by atoms with E-state index in [2.05, 4.69) is 5.32 Å². The van der Waals surface area contributed by atoms with Crippen molar-refractivity contribution >= 4 is 18.0 Å². The molecule has 0 aromatic heterocycles. The SMILES string of the molecule is C.O=CNCc1ccccc1Cl. The molecule has 2 nitrogen and oxygen atoms in total. The molecule has 0 spiro atoms. The first kappa shape index (κ1) is 11.0. The van der Waals surface area contributed by atoms with Crippen LogP contribution in [0.5, 0.6) is 0 Å². The molecular formula is C9H12ClNO. The normalized spacial score (nSPS) is 8.42. The Bertz CT molecular complexity index is 250. The van der Waals surface area contributed by atoms with Gasteiger partial charge in [0.1, 0.15) is 0 Å². The van der Waals surface area contributed by atoms with Gasteiger partial charge in [0.25, 0.3) is 0 Å². The van der Waals surface area contributed by atoms with Crippen LogP contribution in [0.2, 0.25) is 5.02 Å². The van der Waals surface area contributed by atoms with E-state index < -0.39 is 0 Å². The molecule has 0 saturated carbocycles. The van der Waals surface area contributed by atoms with E-state index >= 15 is 0 Å². The summed E-state index contributed by atoms with van der Waals surface area (Å²) in [6, 6.07) is 7.41. The van der Waals surface area contributed by atoms with Gasteiger partial charge >= 0.3 is 0 Å². The Balaban J connectivity index is 0.00000121. The molecule has 0 saturated heterocycles. The van der Waals surface area contributed by atoms with Gasteiger partial charge in [0.15, 0.2) is 0 Å². The van der Waals surface area contributed by atoms with Crippen molar-refractivity contribution < 1.29 is 4.79 Å². The van der Waals surface area contributed by atoms with Crippen molar-refractivity contribution in [2.45, 2.75) is 14.0 Å². The van der Waals surface area contributed by atoms with Crippen LogP contribution in [0.3, 0.4) is 0 Å². The highest BCUT2D eigenvalue weighted by atomic mass is 35.5. The van der Waals surface area contributed by atoms with E-state index in [0.29, 0.717) is 18.0 Å². The van der Waals surface area contributed by atoms with Crippen LogP contribution < -0.4 is 5.32 Å². The van der Waals surface area contributed by atoms with Crippen LogP contribution in [0.1, 0.15) is 13.0 Å². The molecule has 0 bridgehead atoms. The molecule has 12 heavy (non-hydrogen) atoms. The number of hydrogen-bond acceptors (Lipinski definition) is 1. The molecule has 1 N–H and O–H groups in total. The Morgan fingerprint density at radius 2 is 2.08 bits per heavy atom. The number of amides is 1. The van der Waals surface area contributed by atoms with Gasteiger partial charge in [-0.25, -0.2) is 0 Å². The van der Waals surface area contributed by atoms with Crippen molar-refractivity contribution in [1.82, 2.24) is 5.32 Å². The maximum atomic E-state index is 9.94. The fourth-order valence-corrected chi connectivity index (χ4v) is 0.996. The van der Waals surface area contributed by atoms with Crippen molar-refractivity contribution in [2.75, 3.05) is 0 Å². The van der Waals surface area contributed by atoms with Gasteiger partial charge in [-0.3, -0.25) is 4.79 Å². The van der Waals surface area contributed by atoms with E-state index in [0.717, 1.165) is 5.56 Å². The largest absolute Gasteiger partial charge is 0.355 e. The van der Waals surface area contributed by atoms with E-state index in [9.17, 15) is 4.79 Å². The average molecular weight is 186 g/mol. The van der Waals surface area contributed by atoms with Crippen LogP contribution in [0.15, 0.2) is 24.3 Å². The van der Waals surface area contributed by atoms with Crippen molar-refractivity contribution in [3.8, 4) is 0 Å². The highest BCUT2D eigenvalue weighted by Gasteiger charge is 1.95. The zero-order valence-corrected chi connectivity index (χ0v) is 6.64. The van der Waals surface area contributed by atoms with Crippen LogP contribution in [0, 0.1) is 0 Å². The van der Waals surface area contributed by atoms with E-state index in [4.69, 9.17) is 11.6 Å². The lowest BCUT2D eigenvalue weighted by atomic mass is 10.2. The predicted molar refractivity (Wildman–Crippen MR) is 51.1 cm³/mol. The van der Waals surface area contributed by atoms with Crippen molar-refractivity contribution in [1.29, 1.82) is 0 Å². The number of halogens is 1. The summed E-state index contributed by atoms with van der Waals surface area (Å²) in [5.41, 5.74) is 0.932. The van der Waals surface area contributed by atoms with Crippen molar-refractivity contribution in [2.24, 2.45) is 0 Å². The van der Waals surface area contributed by atoms with Crippen molar-refractivity contribution in [3.63, 3.8) is 0 Å². The summed E-state index contributed by atoms with van der Waals surface area (Å²) in [6.07, 6.45) is 0.656. The van der Waals surface area contributed by atoms with Gasteiger partial charge in [-0.2, -0.15) is 0 Å². The number of carbonyl (C=O) groups excluding carboxylic acids is 1. The molecule has 1 aromatic carbocycles. The Kier molecular flexibility index (Phi) is 5.13. The zero-order chi connectivity index (χ0) is 8.10. The van der Waals surface area contributed by atoms with Crippen LogP contribution in [0.25, 0.3) is 0 Å². The molecule has 1 aromatic rings. The Hall–Kier alpha value is -1.02. The second-order valence-electron chi connectivity index (χ2n) is 2.09. The molecule has 0 fully saturated rings. The van der Waals surface area contributed by atoms with Gasteiger partial charge in [-0.05, 0) is 11.6 Å². The minimum Gasteiger partial charge on any atom is -0.355 e. The van der Waals surface area contributed by atoms with Gasteiger partial charge in [-0.1, -0.05) is 37.2 Å². The highest BCUT2D eigenvalue weighted by molar-refractivity contribution is 6.31. The van der Waals surface area contributed by atoms with Crippen molar-refractivity contribution in [3.05, 3.63) is 34.9 Å². The maximum absolute atomic E-state index is 9.94. The van der Waals surface area contributed by atoms with E-state index in [-0.39, 0.29) is 7.43 Å². The molecule has 0 aliphatic carbocycles. The first-order chi connectivity index (χ1) is 5.34. The third-order valence-corrected chi connectivity index (χ3v) is 1.70. The van der Waals surface area contributed by atoms with E-state index in [1.54, 1.807) is 6.07 Å². The highest BCUT2D eigenvalue weighted by Crippen LogP contribution is 2.13. The quantitative estimate of drug-likeness (QED) is 0.719. The first-order valence-electron chi connectivity index (χ1n) is 3.25. The van der Waals surface area contributed by atoms with Crippen LogP contribution >= 0.6 is 11.6 Å². The average Bonchev–Trinajstić information content (AvgIpc) is 2.03. The number of hydrogen-bond donors (Lipinski definition) is 1. The molecular weight excluding hydrogens is 174 g/mol. The molecule has 0 aliphatic heterocycles. The molecule has 1 amide bonds. The Labute approximate surface area is 77.5 Å². The number of rotatable bonds is 3. The number of benzene rings is 1. The molecule has 0 heterocycles. The lowest BCUT2D eigenvalue weighted by Gasteiger charge is -2.00. The minimum atomic E-state index is 0. The number of nitrogens with one attached hydrogen (secondary N) is 1. The summed E-state index contributed by atoms with van der Waals surface area (Å²) >= 11 is 5.80. The van der Waals surface area contributed by atoms with Crippen LogP contribution in [-0.2, 0) is 11.3 Å². The molecule has 1 rings (SSSR count). The van der Waals surface area contributed by atoms with Gasteiger partial charge in [0, 0.05) is 11.6 Å². The fraction of sp³-hybridized carbons (Fsp3) is 0.222. The topological polar surface area (TPSA) is 29.1 Å². The molecule has 0 aliphatic rings.